The number of nitrogens with one attached hydrogen (secondary N) is 1. The molecular formula is C11H25N3. The normalized spacial score (nSPS) is 34.7. The van der Waals surface area contributed by atoms with Crippen LogP contribution in [0.3, 0.4) is 0 Å². The van der Waals surface area contributed by atoms with E-state index < -0.39 is 0 Å². The molecule has 2 unspecified atom stereocenters. The zero-order valence-corrected chi connectivity index (χ0v) is 9.84. The molecule has 2 atom stereocenters. The molecule has 3 heteroatoms. The van der Waals surface area contributed by atoms with Gasteiger partial charge < -0.3 is 16.0 Å². The number of hydrogen-bond acceptors (Lipinski definition) is 3. The zero-order valence-electron chi connectivity index (χ0n) is 9.84. The third kappa shape index (κ3) is 2.69. The van der Waals surface area contributed by atoms with E-state index in [1.54, 1.807) is 0 Å². The maximum absolute atomic E-state index is 5.91. The second kappa shape index (κ2) is 5.10. The Morgan fingerprint density at radius 1 is 1.57 bits per heavy atom. The van der Waals surface area contributed by atoms with E-state index in [0.29, 0.717) is 6.04 Å². The smallest absolute Gasteiger partial charge is 0.0330 e. The van der Waals surface area contributed by atoms with Crippen molar-refractivity contribution in [3.63, 3.8) is 0 Å². The van der Waals surface area contributed by atoms with Gasteiger partial charge in [-0.2, -0.15) is 0 Å². The van der Waals surface area contributed by atoms with Gasteiger partial charge in [0.1, 0.15) is 0 Å². The van der Waals surface area contributed by atoms with Crippen LogP contribution in [0.25, 0.3) is 0 Å². The minimum atomic E-state index is 0.210. The van der Waals surface area contributed by atoms with E-state index in [2.05, 4.69) is 31.1 Å². The van der Waals surface area contributed by atoms with Gasteiger partial charge in [0.25, 0.3) is 0 Å². The number of nitrogens with zero attached hydrogens (tertiary/aromatic N) is 1. The Morgan fingerprint density at radius 3 is 2.79 bits per heavy atom. The lowest BCUT2D eigenvalue weighted by molar-refractivity contribution is 0.112. The highest BCUT2D eigenvalue weighted by Crippen LogP contribution is 2.24. The summed E-state index contributed by atoms with van der Waals surface area (Å²) in [5.74, 6) is 0. The molecule has 0 spiro atoms. The monoisotopic (exact) mass is 199 g/mol. The van der Waals surface area contributed by atoms with E-state index in [-0.39, 0.29) is 5.54 Å². The predicted molar refractivity (Wildman–Crippen MR) is 61.4 cm³/mol. The van der Waals surface area contributed by atoms with Crippen molar-refractivity contribution in [2.24, 2.45) is 5.73 Å². The predicted octanol–water partition coefficient (Wildman–Crippen LogP) is 0.798. The molecular weight excluding hydrogens is 174 g/mol. The molecule has 1 saturated heterocycles. The highest BCUT2D eigenvalue weighted by atomic mass is 15.2. The van der Waals surface area contributed by atoms with E-state index in [0.717, 1.165) is 19.6 Å². The number of likely N-dealkylation sites (tertiary alicyclic amines) is 1. The van der Waals surface area contributed by atoms with Crippen LogP contribution in [0, 0.1) is 0 Å². The van der Waals surface area contributed by atoms with Gasteiger partial charge >= 0.3 is 0 Å². The van der Waals surface area contributed by atoms with E-state index in [1.807, 2.05) is 0 Å². The van der Waals surface area contributed by atoms with Gasteiger partial charge in [-0.25, -0.2) is 0 Å². The average Bonchev–Trinajstić information content (AvgIpc) is 2.20. The topological polar surface area (TPSA) is 41.3 Å². The van der Waals surface area contributed by atoms with Gasteiger partial charge in [-0.1, -0.05) is 6.92 Å². The van der Waals surface area contributed by atoms with Crippen LogP contribution in [0.15, 0.2) is 0 Å². The summed E-state index contributed by atoms with van der Waals surface area (Å²) in [5.41, 5.74) is 6.12. The van der Waals surface area contributed by atoms with Crippen molar-refractivity contribution in [1.29, 1.82) is 0 Å². The van der Waals surface area contributed by atoms with Gasteiger partial charge in [-0.15, -0.1) is 0 Å². The molecule has 1 aliphatic rings. The van der Waals surface area contributed by atoms with Crippen molar-refractivity contribution in [2.45, 2.75) is 44.7 Å². The van der Waals surface area contributed by atoms with Crippen LogP contribution in [-0.4, -0.2) is 43.2 Å². The molecule has 3 N–H and O–H groups in total. The van der Waals surface area contributed by atoms with Gasteiger partial charge in [-0.3, -0.25) is 0 Å². The van der Waals surface area contributed by atoms with Gasteiger partial charge in [0, 0.05) is 18.1 Å². The van der Waals surface area contributed by atoms with Crippen LogP contribution >= 0.6 is 0 Å². The van der Waals surface area contributed by atoms with E-state index in [9.17, 15) is 0 Å². The minimum Gasteiger partial charge on any atom is -0.329 e. The molecule has 1 heterocycles. The molecule has 14 heavy (non-hydrogen) atoms. The molecule has 0 saturated carbocycles. The largest absolute Gasteiger partial charge is 0.329 e. The second-order valence-corrected chi connectivity index (χ2v) is 4.69. The number of piperidine rings is 1. The summed E-state index contributed by atoms with van der Waals surface area (Å²) < 4.78 is 0. The fraction of sp³-hybridized carbons (Fsp3) is 1.00. The Bertz CT molecular complexity index is 168. The van der Waals surface area contributed by atoms with E-state index in [1.165, 1.54) is 19.3 Å². The summed E-state index contributed by atoms with van der Waals surface area (Å²) in [6.45, 7) is 7.51. The number of rotatable bonds is 4. The molecule has 0 aliphatic carbocycles. The number of hydrogen-bond donors (Lipinski definition) is 2. The summed E-state index contributed by atoms with van der Waals surface area (Å²) in [7, 11) is 2.20. The van der Waals surface area contributed by atoms with Gasteiger partial charge in [0.05, 0.1) is 0 Å². The standard InChI is InChI=1S/C11H25N3/c1-4-6-13-11(9-12)5-7-14(3)10(2)8-11/h10,13H,4-9,12H2,1-3H3. The summed E-state index contributed by atoms with van der Waals surface area (Å²) in [6.07, 6.45) is 3.55. The van der Waals surface area contributed by atoms with Crippen molar-refractivity contribution in [3.8, 4) is 0 Å². The lowest BCUT2D eigenvalue weighted by atomic mass is 9.83. The first-order valence-electron chi connectivity index (χ1n) is 5.79. The van der Waals surface area contributed by atoms with Crippen molar-refractivity contribution in [3.05, 3.63) is 0 Å². The van der Waals surface area contributed by atoms with Crippen LogP contribution in [0.5, 0.6) is 0 Å². The van der Waals surface area contributed by atoms with E-state index in [4.69, 9.17) is 5.73 Å². The van der Waals surface area contributed by atoms with Crippen molar-refractivity contribution >= 4 is 0 Å². The van der Waals surface area contributed by atoms with E-state index >= 15 is 0 Å². The summed E-state index contributed by atoms with van der Waals surface area (Å²) >= 11 is 0. The molecule has 0 amide bonds. The Balaban J connectivity index is 2.52. The Labute approximate surface area is 88.0 Å². The highest BCUT2D eigenvalue weighted by molar-refractivity contribution is 4.96. The Hall–Kier alpha value is -0.120. The lowest BCUT2D eigenvalue weighted by Crippen LogP contribution is -2.59. The fourth-order valence-corrected chi connectivity index (χ4v) is 2.24. The first-order chi connectivity index (χ1) is 6.63. The maximum Gasteiger partial charge on any atom is 0.0330 e. The fourth-order valence-electron chi connectivity index (χ4n) is 2.24. The molecule has 1 aliphatic heterocycles. The average molecular weight is 199 g/mol. The Kier molecular flexibility index (Phi) is 4.35. The highest BCUT2D eigenvalue weighted by Gasteiger charge is 2.34. The van der Waals surface area contributed by atoms with Crippen molar-refractivity contribution < 1.29 is 0 Å². The zero-order chi connectivity index (χ0) is 10.6. The van der Waals surface area contributed by atoms with Crippen molar-refractivity contribution in [1.82, 2.24) is 10.2 Å². The minimum absolute atomic E-state index is 0.210. The van der Waals surface area contributed by atoms with Crippen LogP contribution in [0.4, 0.5) is 0 Å². The third-order valence-corrected chi connectivity index (χ3v) is 3.52. The maximum atomic E-state index is 5.91. The first-order valence-corrected chi connectivity index (χ1v) is 5.79. The molecule has 0 aromatic carbocycles. The van der Waals surface area contributed by atoms with Crippen molar-refractivity contribution in [2.75, 3.05) is 26.7 Å². The number of nitrogens with two attached hydrogens (primary N) is 1. The van der Waals surface area contributed by atoms with Crippen LogP contribution in [-0.2, 0) is 0 Å². The van der Waals surface area contributed by atoms with Crippen LogP contribution in [0.2, 0.25) is 0 Å². The molecule has 3 nitrogen and oxygen atoms in total. The molecule has 0 aromatic rings. The second-order valence-electron chi connectivity index (χ2n) is 4.69. The SMILES string of the molecule is CCCNC1(CN)CCN(C)C(C)C1. The quantitative estimate of drug-likeness (QED) is 0.703. The molecule has 1 rings (SSSR count). The molecule has 1 fully saturated rings. The molecule has 0 aromatic heterocycles. The third-order valence-electron chi connectivity index (χ3n) is 3.52. The summed E-state index contributed by atoms with van der Waals surface area (Å²) in [5, 5.41) is 3.63. The molecule has 0 radical (unpaired) electrons. The molecule has 84 valence electrons. The summed E-state index contributed by atoms with van der Waals surface area (Å²) in [6, 6.07) is 0.650. The first kappa shape index (κ1) is 12.0. The van der Waals surface area contributed by atoms with Gasteiger partial charge in [0.15, 0.2) is 0 Å². The van der Waals surface area contributed by atoms with Gasteiger partial charge in [-0.05, 0) is 46.3 Å². The molecule has 0 bridgehead atoms. The summed E-state index contributed by atoms with van der Waals surface area (Å²) in [4.78, 5) is 2.42. The van der Waals surface area contributed by atoms with Gasteiger partial charge in [0.2, 0.25) is 0 Å². The lowest BCUT2D eigenvalue weighted by Gasteiger charge is -2.44. The Morgan fingerprint density at radius 2 is 2.29 bits per heavy atom. The van der Waals surface area contributed by atoms with Crippen LogP contribution in [0.1, 0.15) is 33.1 Å². The van der Waals surface area contributed by atoms with Crippen LogP contribution < -0.4 is 11.1 Å².